The summed E-state index contributed by atoms with van der Waals surface area (Å²) in [6.45, 7) is 3.04. The second-order valence-electron chi connectivity index (χ2n) is 6.95. The van der Waals surface area contributed by atoms with E-state index in [1.165, 1.54) is 13.2 Å². The van der Waals surface area contributed by atoms with Crippen LogP contribution in [0.4, 0.5) is 0 Å². The number of piperidine rings is 1. The molecule has 7 nitrogen and oxygen atoms in total. The highest BCUT2D eigenvalue weighted by molar-refractivity contribution is 6.29. The van der Waals surface area contributed by atoms with Crippen LogP contribution < -0.4 is 10.5 Å². The summed E-state index contributed by atoms with van der Waals surface area (Å²) in [5, 5.41) is 0.212. The zero-order valence-corrected chi connectivity index (χ0v) is 16.4. The molecule has 1 amide bonds. The summed E-state index contributed by atoms with van der Waals surface area (Å²) in [5.41, 5.74) is 2.88. The van der Waals surface area contributed by atoms with Crippen LogP contribution in [0.2, 0.25) is 5.15 Å². The molecule has 0 bridgehead atoms. The number of pyridine rings is 1. The predicted molar refractivity (Wildman–Crippen MR) is 105 cm³/mol. The fourth-order valence-corrected chi connectivity index (χ4v) is 3.90. The van der Waals surface area contributed by atoms with Gasteiger partial charge in [-0.15, -0.1) is 0 Å². The first kappa shape index (κ1) is 18.6. The van der Waals surface area contributed by atoms with Crippen LogP contribution in [0.3, 0.4) is 0 Å². The zero-order valence-electron chi connectivity index (χ0n) is 15.6. The minimum absolute atomic E-state index is 0.00364. The maximum atomic E-state index is 12.8. The number of fused-ring (bicyclic) bond motifs is 1. The highest BCUT2D eigenvalue weighted by Gasteiger charge is 2.27. The van der Waals surface area contributed by atoms with E-state index >= 15 is 0 Å². The van der Waals surface area contributed by atoms with Crippen molar-refractivity contribution in [1.82, 2.24) is 14.5 Å². The molecule has 1 aliphatic heterocycles. The molecule has 4 rings (SSSR count). The van der Waals surface area contributed by atoms with Crippen LogP contribution in [0.5, 0.6) is 5.88 Å². The standard InChI is InChI=1S/C20H20ClN3O4/c1-12-3-4-15-16(9-12)28-20(26)24(15)14-5-7-23(8-6-14)19(25)13-10-17(21)22-18(11-13)27-2/h3-4,9-11,14H,5-8H2,1-2H3. The second-order valence-corrected chi connectivity index (χ2v) is 7.34. The molecule has 1 saturated heterocycles. The van der Waals surface area contributed by atoms with E-state index in [0.29, 0.717) is 43.0 Å². The number of methoxy groups -OCH3 is 1. The van der Waals surface area contributed by atoms with Crippen molar-refractivity contribution >= 4 is 28.6 Å². The van der Waals surface area contributed by atoms with Crippen molar-refractivity contribution < 1.29 is 13.9 Å². The monoisotopic (exact) mass is 401 g/mol. The average molecular weight is 402 g/mol. The highest BCUT2D eigenvalue weighted by Crippen LogP contribution is 2.27. The third-order valence-electron chi connectivity index (χ3n) is 5.11. The molecule has 1 aromatic carbocycles. The van der Waals surface area contributed by atoms with Crippen LogP contribution in [0.15, 0.2) is 39.5 Å². The van der Waals surface area contributed by atoms with Gasteiger partial charge in [0.05, 0.1) is 12.6 Å². The lowest BCUT2D eigenvalue weighted by Crippen LogP contribution is -2.40. The lowest BCUT2D eigenvalue weighted by molar-refractivity contribution is 0.0693. The highest BCUT2D eigenvalue weighted by atomic mass is 35.5. The van der Waals surface area contributed by atoms with Gasteiger partial charge in [0.15, 0.2) is 5.58 Å². The molecule has 3 heterocycles. The number of hydrogen-bond donors (Lipinski definition) is 0. The second kappa shape index (κ2) is 7.31. The van der Waals surface area contributed by atoms with Gasteiger partial charge >= 0.3 is 5.76 Å². The lowest BCUT2D eigenvalue weighted by Gasteiger charge is -2.32. The van der Waals surface area contributed by atoms with Gasteiger partial charge < -0.3 is 14.1 Å². The van der Waals surface area contributed by atoms with E-state index in [2.05, 4.69) is 4.98 Å². The van der Waals surface area contributed by atoms with Crippen molar-refractivity contribution in [3.63, 3.8) is 0 Å². The third kappa shape index (κ3) is 3.38. The molecule has 3 aromatic rings. The number of rotatable bonds is 3. The maximum Gasteiger partial charge on any atom is 0.420 e. The minimum atomic E-state index is -0.351. The van der Waals surface area contributed by atoms with Crippen molar-refractivity contribution in [2.45, 2.75) is 25.8 Å². The summed E-state index contributed by atoms with van der Waals surface area (Å²) >= 11 is 5.98. The molecule has 8 heteroatoms. The van der Waals surface area contributed by atoms with Crippen LogP contribution in [-0.4, -0.2) is 40.6 Å². The molecule has 0 radical (unpaired) electrons. The molecule has 0 N–H and O–H groups in total. The summed E-state index contributed by atoms with van der Waals surface area (Å²) in [4.78, 5) is 31.0. The number of carbonyl (C=O) groups is 1. The molecule has 0 spiro atoms. The minimum Gasteiger partial charge on any atom is -0.481 e. The summed E-state index contributed by atoms with van der Waals surface area (Å²) in [7, 11) is 1.48. The SMILES string of the molecule is COc1cc(C(=O)N2CCC(n3c(=O)oc4cc(C)ccc43)CC2)cc(Cl)n1. The molecule has 0 unspecified atom stereocenters. The molecule has 0 saturated carbocycles. The molecule has 1 aliphatic rings. The maximum absolute atomic E-state index is 12.8. The number of benzene rings is 1. The Morgan fingerprint density at radius 2 is 2.00 bits per heavy atom. The largest absolute Gasteiger partial charge is 0.481 e. The Labute approximate surface area is 166 Å². The third-order valence-corrected chi connectivity index (χ3v) is 5.31. The van der Waals surface area contributed by atoms with Crippen LogP contribution >= 0.6 is 11.6 Å². The Hall–Kier alpha value is -2.80. The van der Waals surface area contributed by atoms with Crippen LogP contribution in [0, 0.1) is 6.92 Å². The fraction of sp³-hybridized carbons (Fsp3) is 0.350. The van der Waals surface area contributed by atoms with Gasteiger partial charge in [-0.1, -0.05) is 17.7 Å². The van der Waals surface area contributed by atoms with Crippen molar-refractivity contribution in [2.75, 3.05) is 20.2 Å². The number of amides is 1. The zero-order chi connectivity index (χ0) is 19.8. The van der Waals surface area contributed by atoms with Gasteiger partial charge in [-0.2, -0.15) is 0 Å². The number of halogens is 1. The number of oxazole rings is 1. The van der Waals surface area contributed by atoms with Crippen molar-refractivity contribution in [1.29, 1.82) is 0 Å². The number of aromatic nitrogens is 2. The Bertz CT molecular complexity index is 1100. The van der Waals surface area contributed by atoms with E-state index in [1.54, 1.807) is 15.5 Å². The van der Waals surface area contributed by atoms with Crippen LogP contribution in [0.1, 0.15) is 34.8 Å². The topological polar surface area (TPSA) is 77.6 Å². The number of carbonyl (C=O) groups excluding carboxylic acids is 1. The van der Waals surface area contributed by atoms with E-state index in [4.69, 9.17) is 20.8 Å². The van der Waals surface area contributed by atoms with E-state index < -0.39 is 0 Å². The quantitative estimate of drug-likeness (QED) is 0.628. The van der Waals surface area contributed by atoms with Gasteiger partial charge in [0.25, 0.3) is 5.91 Å². The fourth-order valence-electron chi connectivity index (χ4n) is 3.70. The van der Waals surface area contributed by atoms with Crippen LogP contribution in [0.25, 0.3) is 11.1 Å². The normalized spacial score (nSPS) is 15.2. The summed E-state index contributed by atoms with van der Waals surface area (Å²) in [6, 6.07) is 8.86. The smallest absolute Gasteiger partial charge is 0.420 e. The summed E-state index contributed by atoms with van der Waals surface area (Å²) < 4.78 is 12.2. The van der Waals surface area contributed by atoms with E-state index in [0.717, 1.165) is 11.1 Å². The average Bonchev–Trinajstić information content (AvgIpc) is 3.01. The lowest BCUT2D eigenvalue weighted by atomic mass is 10.0. The molecule has 2 aromatic heterocycles. The molecule has 146 valence electrons. The Morgan fingerprint density at radius 3 is 2.71 bits per heavy atom. The summed E-state index contributed by atoms with van der Waals surface area (Å²) in [6.07, 6.45) is 1.34. The van der Waals surface area contributed by atoms with Gasteiger partial charge in [0.1, 0.15) is 5.15 Å². The first-order valence-electron chi connectivity index (χ1n) is 9.09. The van der Waals surface area contributed by atoms with Crippen molar-refractivity contribution in [3.8, 4) is 5.88 Å². The Balaban J connectivity index is 1.52. The number of aryl methyl sites for hydroxylation is 1. The van der Waals surface area contributed by atoms with E-state index in [9.17, 15) is 9.59 Å². The van der Waals surface area contributed by atoms with Crippen molar-refractivity contribution in [3.05, 3.63) is 57.2 Å². The molecular weight excluding hydrogens is 382 g/mol. The Kier molecular flexibility index (Phi) is 4.85. The molecule has 0 aliphatic carbocycles. The summed E-state index contributed by atoms with van der Waals surface area (Å²) in [5.74, 6) is -0.172. The van der Waals surface area contributed by atoms with Gasteiger partial charge in [-0.25, -0.2) is 9.78 Å². The number of likely N-dealkylation sites (tertiary alicyclic amines) is 1. The first-order valence-corrected chi connectivity index (χ1v) is 9.46. The van der Waals surface area contributed by atoms with E-state index in [-0.39, 0.29) is 22.9 Å². The van der Waals surface area contributed by atoms with E-state index in [1.807, 2.05) is 25.1 Å². The molecular formula is C20H20ClN3O4. The molecule has 0 atom stereocenters. The first-order chi connectivity index (χ1) is 13.5. The number of nitrogens with zero attached hydrogens (tertiary/aromatic N) is 3. The van der Waals surface area contributed by atoms with Gasteiger partial charge in [-0.3, -0.25) is 9.36 Å². The Morgan fingerprint density at radius 1 is 1.25 bits per heavy atom. The number of hydrogen-bond acceptors (Lipinski definition) is 5. The van der Waals surface area contributed by atoms with Gasteiger partial charge in [0.2, 0.25) is 5.88 Å². The molecule has 1 fully saturated rings. The molecule has 28 heavy (non-hydrogen) atoms. The van der Waals surface area contributed by atoms with Crippen molar-refractivity contribution in [2.24, 2.45) is 0 Å². The van der Waals surface area contributed by atoms with Gasteiger partial charge in [-0.05, 0) is 43.5 Å². The van der Waals surface area contributed by atoms with Gasteiger partial charge in [0, 0.05) is 30.8 Å². The van der Waals surface area contributed by atoms with Crippen LogP contribution in [-0.2, 0) is 0 Å². The predicted octanol–water partition coefficient (Wildman–Crippen LogP) is 3.44. The number of ether oxygens (including phenoxy) is 1.